The van der Waals surface area contributed by atoms with Gasteiger partial charge in [-0.25, -0.2) is 4.98 Å². The average molecular weight is 239 g/mol. The SMILES string of the molecule is NCCc1ccccc1-c1nnc2ncccn12. The number of hydrogen-bond donors (Lipinski definition) is 1. The van der Waals surface area contributed by atoms with Gasteiger partial charge in [-0.05, 0) is 24.6 Å². The Labute approximate surface area is 104 Å². The van der Waals surface area contributed by atoms with E-state index in [2.05, 4.69) is 21.2 Å². The molecule has 0 spiro atoms. The Hall–Kier alpha value is -2.27. The van der Waals surface area contributed by atoms with Gasteiger partial charge in [-0.3, -0.25) is 4.40 Å². The number of fused-ring (bicyclic) bond motifs is 1. The summed E-state index contributed by atoms with van der Waals surface area (Å²) in [6, 6.07) is 9.97. The van der Waals surface area contributed by atoms with Crippen molar-refractivity contribution in [1.29, 1.82) is 0 Å². The molecule has 0 radical (unpaired) electrons. The lowest BCUT2D eigenvalue weighted by molar-refractivity contribution is 0.964. The smallest absolute Gasteiger partial charge is 0.255 e. The van der Waals surface area contributed by atoms with Crippen LogP contribution in [0.1, 0.15) is 5.56 Å². The van der Waals surface area contributed by atoms with Gasteiger partial charge < -0.3 is 5.73 Å². The van der Waals surface area contributed by atoms with E-state index in [0.717, 1.165) is 17.8 Å². The quantitative estimate of drug-likeness (QED) is 0.747. The Morgan fingerprint density at radius 3 is 2.89 bits per heavy atom. The highest BCUT2D eigenvalue weighted by Gasteiger charge is 2.11. The molecule has 0 unspecified atom stereocenters. The first kappa shape index (κ1) is 10.9. The van der Waals surface area contributed by atoms with E-state index >= 15 is 0 Å². The van der Waals surface area contributed by atoms with E-state index < -0.39 is 0 Å². The van der Waals surface area contributed by atoms with Crippen molar-refractivity contribution in [3.05, 3.63) is 48.3 Å². The molecule has 2 N–H and O–H groups in total. The van der Waals surface area contributed by atoms with Gasteiger partial charge in [0, 0.05) is 18.0 Å². The molecule has 3 aromatic rings. The molecule has 2 aromatic heterocycles. The van der Waals surface area contributed by atoms with Gasteiger partial charge in [0.2, 0.25) is 0 Å². The van der Waals surface area contributed by atoms with Crippen LogP contribution in [0.15, 0.2) is 42.7 Å². The molecule has 3 rings (SSSR count). The second-order valence-electron chi connectivity index (χ2n) is 4.01. The predicted molar refractivity (Wildman–Crippen MR) is 69.0 cm³/mol. The summed E-state index contributed by atoms with van der Waals surface area (Å²) >= 11 is 0. The monoisotopic (exact) mass is 239 g/mol. The molecular weight excluding hydrogens is 226 g/mol. The van der Waals surface area contributed by atoms with Crippen molar-refractivity contribution < 1.29 is 0 Å². The van der Waals surface area contributed by atoms with Crippen molar-refractivity contribution in [2.75, 3.05) is 6.54 Å². The van der Waals surface area contributed by atoms with E-state index in [1.807, 2.05) is 34.9 Å². The highest BCUT2D eigenvalue weighted by atomic mass is 15.3. The molecule has 2 heterocycles. The summed E-state index contributed by atoms with van der Waals surface area (Å²) in [5, 5.41) is 8.28. The summed E-state index contributed by atoms with van der Waals surface area (Å²) in [5.41, 5.74) is 7.88. The Morgan fingerprint density at radius 1 is 1.11 bits per heavy atom. The minimum Gasteiger partial charge on any atom is -0.330 e. The number of benzene rings is 1. The van der Waals surface area contributed by atoms with Crippen LogP contribution >= 0.6 is 0 Å². The van der Waals surface area contributed by atoms with Gasteiger partial charge in [0.05, 0.1) is 0 Å². The van der Waals surface area contributed by atoms with Crippen LogP contribution in [-0.4, -0.2) is 26.1 Å². The maximum Gasteiger partial charge on any atom is 0.255 e. The van der Waals surface area contributed by atoms with Gasteiger partial charge in [-0.2, -0.15) is 0 Å². The van der Waals surface area contributed by atoms with Crippen molar-refractivity contribution in [2.45, 2.75) is 6.42 Å². The standard InChI is InChI=1S/C13H13N5/c14-7-6-10-4-1-2-5-11(10)12-16-17-13-15-8-3-9-18(12)13/h1-5,8-9H,6-7,14H2. The van der Waals surface area contributed by atoms with Gasteiger partial charge in [0.15, 0.2) is 5.82 Å². The molecule has 5 heteroatoms. The summed E-state index contributed by atoms with van der Waals surface area (Å²) in [4.78, 5) is 4.17. The molecule has 0 aliphatic heterocycles. The van der Waals surface area contributed by atoms with Crippen LogP contribution in [0.25, 0.3) is 17.2 Å². The fourth-order valence-corrected chi connectivity index (χ4v) is 2.04. The summed E-state index contributed by atoms with van der Waals surface area (Å²) in [6.07, 6.45) is 4.45. The van der Waals surface area contributed by atoms with Gasteiger partial charge >= 0.3 is 0 Å². The van der Waals surface area contributed by atoms with Crippen molar-refractivity contribution in [3.63, 3.8) is 0 Å². The average Bonchev–Trinajstić information content (AvgIpc) is 2.84. The van der Waals surface area contributed by atoms with E-state index in [1.165, 1.54) is 5.56 Å². The van der Waals surface area contributed by atoms with E-state index in [0.29, 0.717) is 12.3 Å². The van der Waals surface area contributed by atoms with Crippen LogP contribution in [0, 0.1) is 0 Å². The van der Waals surface area contributed by atoms with Crippen LogP contribution in [0.3, 0.4) is 0 Å². The van der Waals surface area contributed by atoms with Crippen LogP contribution in [-0.2, 0) is 6.42 Å². The number of rotatable bonds is 3. The van der Waals surface area contributed by atoms with E-state index in [1.54, 1.807) is 6.20 Å². The second kappa shape index (κ2) is 4.54. The molecule has 18 heavy (non-hydrogen) atoms. The molecule has 0 saturated carbocycles. The summed E-state index contributed by atoms with van der Waals surface area (Å²) < 4.78 is 1.88. The third kappa shape index (κ3) is 1.74. The highest BCUT2D eigenvalue weighted by Crippen LogP contribution is 2.22. The van der Waals surface area contributed by atoms with Gasteiger partial charge in [0.1, 0.15) is 0 Å². The molecule has 0 aliphatic rings. The predicted octanol–water partition coefficient (Wildman–Crippen LogP) is 1.29. The van der Waals surface area contributed by atoms with E-state index in [9.17, 15) is 0 Å². The Morgan fingerprint density at radius 2 is 2.00 bits per heavy atom. The molecule has 1 aromatic carbocycles. The third-order valence-corrected chi connectivity index (χ3v) is 2.86. The van der Waals surface area contributed by atoms with Gasteiger partial charge in [-0.15, -0.1) is 10.2 Å². The van der Waals surface area contributed by atoms with Crippen LogP contribution in [0.5, 0.6) is 0 Å². The highest BCUT2D eigenvalue weighted by molar-refractivity contribution is 5.62. The molecule has 0 fully saturated rings. The second-order valence-corrected chi connectivity index (χ2v) is 4.01. The molecule has 0 aliphatic carbocycles. The maximum absolute atomic E-state index is 5.64. The van der Waals surface area contributed by atoms with Crippen molar-refractivity contribution in [3.8, 4) is 11.4 Å². The lowest BCUT2D eigenvalue weighted by atomic mass is 10.0. The van der Waals surface area contributed by atoms with E-state index in [-0.39, 0.29) is 0 Å². The number of nitrogens with two attached hydrogens (primary N) is 1. The Balaban J connectivity index is 2.20. The lowest BCUT2D eigenvalue weighted by Gasteiger charge is -2.06. The summed E-state index contributed by atoms with van der Waals surface area (Å²) in [5.74, 6) is 1.41. The van der Waals surface area contributed by atoms with Crippen LogP contribution in [0.2, 0.25) is 0 Å². The molecule has 0 amide bonds. The molecule has 0 saturated heterocycles. The van der Waals surface area contributed by atoms with Crippen molar-refractivity contribution in [1.82, 2.24) is 19.6 Å². The Kier molecular flexibility index (Phi) is 2.74. The molecular formula is C13H13N5. The minimum absolute atomic E-state index is 0.607. The van der Waals surface area contributed by atoms with Crippen LogP contribution < -0.4 is 5.73 Å². The first-order valence-corrected chi connectivity index (χ1v) is 5.84. The van der Waals surface area contributed by atoms with Gasteiger partial charge in [0.25, 0.3) is 5.78 Å². The Bertz CT molecular complexity index is 674. The zero-order chi connectivity index (χ0) is 12.4. The first-order chi connectivity index (χ1) is 8.90. The molecule has 90 valence electrons. The van der Waals surface area contributed by atoms with Crippen molar-refractivity contribution >= 4 is 5.78 Å². The molecule has 0 bridgehead atoms. The van der Waals surface area contributed by atoms with Crippen molar-refractivity contribution in [2.24, 2.45) is 5.73 Å². The largest absolute Gasteiger partial charge is 0.330 e. The third-order valence-electron chi connectivity index (χ3n) is 2.86. The molecule has 0 atom stereocenters. The minimum atomic E-state index is 0.607. The fraction of sp³-hybridized carbons (Fsp3) is 0.154. The maximum atomic E-state index is 5.64. The lowest BCUT2D eigenvalue weighted by Crippen LogP contribution is -2.04. The normalized spacial score (nSPS) is 10.9. The number of nitrogens with zero attached hydrogens (tertiary/aromatic N) is 4. The number of hydrogen-bond acceptors (Lipinski definition) is 4. The summed E-state index contributed by atoms with van der Waals surface area (Å²) in [6.45, 7) is 0.617. The van der Waals surface area contributed by atoms with E-state index in [4.69, 9.17) is 5.73 Å². The fourth-order valence-electron chi connectivity index (χ4n) is 2.04. The number of aromatic nitrogens is 4. The first-order valence-electron chi connectivity index (χ1n) is 5.84. The zero-order valence-electron chi connectivity index (χ0n) is 9.82. The zero-order valence-corrected chi connectivity index (χ0v) is 9.82. The van der Waals surface area contributed by atoms with Gasteiger partial charge in [-0.1, -0.05) is 24.3 Å². The van der Waals surface area contributed by atoms with Crippen LogP contribution in [0.4, 0.5) is 0 Å². The topological polar surface area (TPSA) is 69.1 Å². The molecule has 5 nitrogen and oxygen atoms in total. The summed E-state index contributed by atoms with van der Waals surface area (Å²) in [7, 11) is 0.